The number of rotatable bonds is 24. The van der Waals surface area contributed by atoms with Crippen LogP contribution in [0.25, 0.3) is 11.1 Å². The van der Waals surface area contributed by atoms with Crippen molar-refractivity contribution in [2.45, 2.75) is 150 Å². The van der Waals surface area contributed by atoms with Crippen LogP contribution in [0.4, 0.5) is 0 Å². The number of benzene rings is 2. The predicted octanol–water partition coefficient (Wildman–Crippen LogP) is 7.23. The van der Waals surface area contributed by atoms with Crippen LogP contribution in [0.2, 0.25) is 0 Å². The van der Waals surface area contributed by atoms with Crippen molar-refractivity contribution in [2.24, 2.45) is 11.8 Å². The van der Waals surface area contributed by atoms with Crippen LogP contribution in [0.5, 0.6) is 0 Å². The Balaban J connectivity index is 2.19. The monoisotopic (exact) mass is 734 g/mol. The van der Waals surface area contributed by atoms with Crippen LogP contribution >= 0.6 is 0 Å². The Labute approximate surface area is 316 Å². The number of ether oxygens (including phenoxy) is 1. The second kappa shape index (κ2) is 22.1. The van der Waals surface area contributed by atoms with Crippen molar-refractivity contribution in [3.8, 4) is 11.1 Å². The molecule has 0 fully saturated rings. The number of carboxylic acid groups (broad SMARTS) is 1. The van der Waals surface area contributed by atoms with Crippen molar-refractivity contribution in [3.05, 3.63) is 59.7 Å². The van der Waals surface area contributed by atoms with Gasteiger partial charge in [0.15, 0.2) is 5.78 Å². The van der Waals surface area contributed by atoms with E-state index in [0.717, 1.165) is 55.2 Å². The lowest BCUT2D eigenvalue weighted by Crippen LogP contribution is -2.53. The van der Waals surface area contributed by atoms with E-state index in [1.54, 1.807) is 6.92 Å². The number of carboxylic acids is 1. The van der Waals surface area contributed by atoms with Crippen LogP contribution in [0, 0.1) is 11.8 Å². The van der Waals surface area contributed by atoms with Gasteiger partial charge >= 0.3 is 5.97 Å². The van der Waals surface area contributed by atoms with Crippen LogP contribution in [0.1, 0.15) is 124 Å². The normalized spacial score (nSPS) is 14.3. The van der Waals surface area contributed by atoms with E-state index in [0.29, 0.717) is 6.42 Å². The summed E-state index contributed by atoms with van der Waals surface area (Å²) in [7, 11) is 0. The minimum Gasteiger partial charge on any atom is -0.480 e. The molecule has 292 valence electrons. The fourth-order valence-electron chi connectivity index (χ4n) is 6.28. The summed E-state index contributed by atoms with van der Waals surface area (Å²) in [5.41, 5.74) is 3.69. The zero-order chi connectivity index (χ0) is 39.7. The number of Topliss-reactive ketones (excluding diaryl/α,β-unsaturated/α-hetero) is 3. The van der Waals surface area contributed by atoms with Crippen molar-refractivity contribution in [1.29, 1.82) is 0 Å². The number of hydrogen-bond acceptors (Lipinski definition) is 7. The Hall–Kier alpha value is -4.18. The smallest absolute Gasteiger partial charge is 0.326 e. The summed E-state index contributed by atoms with van der Waals surface area (Å²) in [5, 5.41) is 14.6. The first-order valence-corrected chi connectivity index (χ1v) is 19.2. The summed E-state index contributed by atoms with van der Waals surface area (Å²) in [5.74, 6) is -5.05. The van der Waals surface area contributed by atoms with Crippen LogP contribution in [-0.2, 0) is 46.3 Å². The molecule has 53 heavy (non-hydrogen) atoms. The average molecular weight is 735 g/mol. The van der Waals surface area contributed by atoms with Gasteiger partial charge < -0.3 is 20.5 Å². The molecule has 2 rings (SSSR count). The SMILES string of the molecule is CCCCC[C@H](CC(=O)Cc1ccc(-c2ccc(CCCC)cc2)cc1)C(=O)N[C@H](C(=O)C[C@@H](C)C(=O)N[C@@H](CC(C)=O)C(=O)O)C(C)OC(C)(C)C. The quantitative estimate of drug-likeness (QED) is 0.0955. The fourth-order valence-corrected chi connectivity index (χ4v) is 6.28. The molecule has 5 atom stereocenters. The number of aliphatic carboxylic acids is 1. The van der Waals surface area contributed by atoms with Gasteiger partial charge in [-0.1, -0.05) is 95.0 Å². The van der Waals surface area contributed by atoms with E-state index in [2.05, 4.69) is 48.7 Å². The van der Waals surface area contributed by atoms with Crippen molar-refractivity contribution in [3.63, 3.8) is 0 Å². The first-order valence-electron chi connectivity index (χ1n) is 19.2. The predicted molar refractivity (Wildman–Crippen MR) is 207 cm³/mol. The second-order valence-corrected chi connectivity index (χ2v) is 15.4. The molecule has 2 amide bonds. The van der Waals surface area contributed by atoms with E-state index in [1.807, 2.05) is 45.0 Å². The van der Waals surface area contributed by atoms with Gasteiger partial charge in [0, 0.05) is 37.5 Å². The van der Waals surface area contributed by atoms with E-state index in [1.165, 1.54) is 19.4 Å². The molecule has 0 aliphatic heterocycles. The zero-order valence-corrected chi connectivity index (χ0v) is 33.1. The van der Waals surface area contributed by atoms with Crippen LogP contribution in [0.15, 0.2) is 48.5 Å². The molecule has 0 saturated carbocycles. The molecule has 0 saturated heterocycles. The Bertz CT molecular complexity index is 1510. The first-order chi connectivity index (χ1) is 24.9. The van der Waals surface area contributed by atoms with Gasteiger partial charge in [-0.15, -0.1) is 0 Å². The summed E-state index contributed by atoms with van der Waals surface area (Å²) in [6.07, 6.45) is 5.14. The Kier molecular flexibility index (Phi) is 18.8. The zero-order valence-electron chi connectivity index (χ0n) is 33.1. The van der Waals surface area contributed by atoms with E-state index < -0.39 is 65.0 Å². The highest BCUT2D eigenvalue weighted by molar-refractivity contribution is 5.95. The highest BCUT2D eigenvalue weighted by Gasteiger charge is 2.35. The van der Waals surface area contributed by atoms with E-state index >= 15 is 0 Å². The van der Waals surface area contributed by atoms with Gasteiger partial charge in [-0.25, -0.2) is 4.79 Å². The number of unbranched alkanes of at least 4 members (excludes halogenated alkanes) is 3. The van der Waals surface area contributed by atoms with Gasteiger partial charge in [0.05, 0.1) is 11.7 Å². The number of aryl methyl sites for hydroxylation is 1. The molecule has 0 aromatic heterocycles. The molecule has 3 N–H and O–H groups in total. The first kappa shape index (κ1) is 45.0. The summed E-state index contributed by atoms with van der Waals surface area (Å²) in [4.78, 5) is 77.0. The van der Waals surface area contributed by atoms with Crippen LogP contribution < -0.4 is 10.6 Å². The van der Waals surface area contributed by atoms with Gasteiger partial charge in [0.25, 0.3) is 0 Å². The van der Waals surface area contributed by atoms with Gasteiger partial charge in [0.2, 0.25) is 11.8 Å². The van der Waals surface area contributed by atoms with Gasteiger partial charge in [-0.05, 0) is 76.1 Å². The molecule has 10 nitrogen and oxygen atoms in total. The molecule has 0 aliphatic carbocycles. The molecule has 2 aromatic rings. The summed E-state index contributed by atoms with van der Waals surface area (Å²) < 4.78 is 6.09. The van der Waals surface area contributed by atoms with E-state index in [9.17, 15) is 33.9 Å². The molecule has 10 heteroatoms. The Morgan fingerprint density at radius 1 is 0.736 bits per heavy atom. The lowest BCUT2D eigenvalue weighted by atomic mass is 9.90. The molecular weight excluding hydrogens is 672 g/mol. The number of ketones is 3. The molecule has 2 aromatic carbocycles. The minimum absolute atomic E-state index is 0.0114. The number of hydrogen-bond donors (Lipinski definition) is 3. The van der Waals surface area contributed by atoms with Crippen molar-refractivity contribution >= 4 is 35.1 Å². The maximum absolute atomic E-state index is 13.9. The average Bonchev–Trinajstić information content (AvgIpc) is 3.08. The Morgan fingerprint density at radius 3 is 1.81 bits per heavy atom. The fraction of sp³-hybridized carbons (Fsp3) is 0.581. The third kappa shape index (κ3) is 16.6. The standard InChI is InChI=1S/C43H62N2O8/c1-9-11-13-15-35(27-36(47)26-32-18-22-34(23-19-32)33-20-16-31(17-21-33)14-12-10-2)41(50)45-39(30(5)53-43(6,7)8)38(48)24-28(3)40(49)44-37(42(51)52)25-29(4)46/h16-23,28,30,35,37,39H,9-15,24-27H2,1-8H3,(H,44,49)(H,45,50)(H,51,52)/t28-,30?,35-,37+,39+/m1/s1. The highest BCUT2D eigenvalue weighted by atomic mass is 16.5. The lowest BCUT2D eigenvalue weighted by Gasteiger charge is -2.32. The maximum atomic E-state index is 13.9. The molecule has 0 bridgehead atoms. The second-order valence-electron chi connectivity index (χ2n) is 15.4. The van der Waals surface area contributed by atoms with Crippen molar-refractivity contribution in [2.75, 3.05) is 0 Å². The number of amides is 2. The lowest BCUT2D eigenvalue weighted by molar-refractivity contribution is -0.144. The van der Waals surface area contributed by atoms with E-state index in [-0.39, 0.29) is 31.5 Å². The van der Waals surface area contributed by atoms with Crippen molar-refractivity contribution in [1.82, 2.24) is 10.6 Å². The van der Waals surface area contributed by atoms with Crippen LogP contribution in [-0.4, -0.2) is 64.0 Å². The molecule has 0 spiro atoms. The topological polar surface area (TPSA) is 156 Å². The minimum atomic E-state index is -1.41. The molecule has 0 aliphatic rings. The van der Waals surface area contributed by atoms with Crippen LogP contribution in [0.3, 0.4) is 0 Å². The molecule has 0 heterocycles. The summed E-state index contributed by atoms with van der Waals surface area (Å²) in [6.45, 7) is 14.1. The van der Waals surface area contributed by atoms with Gasteiger partial charge in [-0.2, -0.15) is 0 Å². The third-order valence-corrected chi connectivity index (χ3v) is 9.18. The maximum Gasteiger partial charge on any atom is 0.326 e. The molecule has 1 unspecified atom stereocenters. The van der Waals surface area contributed by atoms with E-state index in [4.69, 9.17) is 4.74 Å². The van der Waals surface area contributed by atoms with Gasteiger partial charge in [-0.3, -0.25) is 24.0 Å². The summed E-state index contributed by atoms with van der Waals surface area (Å²) in [6, 6.07) is 13.9. The largest absolute Gasteiger partial charge is 0.480 e. The number of carbonyl (C=O) groups is 6. The number of nitrogens with one attached hydrogen (secondary N) is 2. The van der Waals surface area contributed by atoms with Gasteiger partial charge in [0.1, 0.15) is 23.7 Å². The summed E-state index contributed by atoms with van der Waals surface area (Å²) >= 11 is 0. The third-order valence-electron chi connectivity index (χ3n) is 9.18. The molecular formula is C43H62N2O8. The number of carbonyl (C=O) groups excluding carboxylic acids is 5. The highest BCUT2D eigenvalue weighted by Crippen LogP contribution is 2.23. The van der Waals surface area contributed by atoms with Crippen molar-refractivity contribution < 1.29 is 38.6 Å². The molecule has 0 radical (unpaired) electrons. The Morgan fingerprint density at radius 2 is 1.30 bits per heavy atom.